The number of benzene rings is 2. The van der Waals surface area contributed by atoms with E-state index in [9.17, 15) is 0 Å². The molecule has 4 N–H and O–H groups in total. The molecule has 0 aromatic heterocycles. The summed E-state index contributed by atoms with van der Waals surface area (Å²) in [6, 6.07) is 15.3. The number of nitrogens with two attached hydrogens (primary N) is 2. The van der Waals surface area contributed by atoms with Gasteiger partial charge in [-0.3, -0.25) is 0 Å². The zero-order valence-corrected chi connectivity index (χ0v) is 9.76. The molecule has 0 saturated carbocycles. The fraction of sp³-hybridized carbons (Fsp3) is 0.143. The van der Waals surface area contributed by atoms with Crippen LogP contribution in [0.2, 0.25) is 0 Å². The maximum absolute atomic E-state index is 6.19. The van der Waals surface area contributed by atoms with Crippen molar-refractivity contribution in [1.82, 2.24) is 0 Å². The first-order valence-electron chi connectivity index (χ1n) is 5.46. The zero-order chi connectivity index (χ0) is 12.3. The second-order valence-corrected chi connectivity index (χ2v) is 3.88. The van der Waals surface area contributed by atoms with Crippen molar-refractivity contribution in [1.29, 1.82) is 0 Å². The molecule has 0 heterocycles. The molecule has 2 aromatic rings. The monoisotopic (exact) mass is 228 g/mol. The summed E-state index contributed by atoms with van der Waals surface area (Å²) in [5, 5.41) is 0. The number of methoxy groups -OCH3 is 1. The molecule has 3 heteroatoms. The largest absolute Gasteiger partial charge is 0.497 e. The molecule has 0 fully saturated rings. The highest BCUT2D eigenvalue weighted by Crippen LogP contribution is 2.27. The summed E-state index contributed by atoms with van der Waals surface area (Å²) in [5.41, 5.74) is 14.8. The van der Waals surface area contributed by atoms with Gasteiger partial charge in [-0.1, -0.05) is 36.4 Å². The fourth-order valence-electron chi connectivity index (χ4n) is 1.80. The van der Waals surface area contributed by atoms with E-state index in [0.717, 1.165) is 16.9 Å². The molecule has 0 aliphatic heterocycles. The van der Waals surface area contributed by atoms with Gasteiger partial charge in [0.15, 0.2) is 0 Å². The van der Waals surface area contributed by atoms with E-state index >= 15 is 0 Å². The van der Waals surface area contributed by atoms with Gasteiger partial charge in [-0.05, 0) is 17.2 Å². The van der Waals surface area contributed by atoms with Crippen LogP contribution in [-0.2, 0) is 0 Å². The Kier molecular flexibility index (Phi) is 3.30. The van der Waals surface area contributed by atoms with Crippen LogP contribution in [0, 0.1) is 0 Å². The van der Waals surface area contributed by atoms with Crippen molar-refractivity contribution in [2.45, 2.75) is 6.04 Å². The van der Waals surface area contributed by atoms with Gasteiger partial charge < -0.3 is 16.2 Å². The van der Waals surface area contributed by atoms with Crippen molar-refractivity contribution in [2.75, 3.05) is 12.8 Å². The first-order chi connectivity index (χ1) is 8.22. The Hall–Kier alpha value is -2.00. The van der Waals surface area contributed by atoms with Crippen molar-refractivity contribution >= 4 is 5.69 Å². The summed E-state index contributed by atoms with van der Waals surface area (Å²) in [4.78, 5) is 0. The van der Waals surface area contributed by atoms with Gasteiger partial charge in [-0.2, -0.15) is 0 Å². The summed E-state index contributed by atoms with van der Waals surface area (Å²) in [6.07, 6.45) is 0. The van der Waals surface area contributed by atoms with E-state index in [1.54, 1.807) is 13.2 Å². The second kappa shape index (κ2) is 4.89. The van der Waals surface area contributed by atoms with Gasteiger partial charge in [0.1, 0.15) is 5.75 Å². The number of nitrogen functional groups attached to an aromatic ring is 1. The lowest BCUT2D eigenvalue weighted by Gasteiger charge is -2.15. The number of hydrogen-bond donors (Lipinski definition) is 2. The van der Waals surface area contributed by atoms with Gasteiger partial charge in [0.05, 0.1) is 13.2 Å². The molecule has 1 atom stereocenters. The average Bonchev–Trinajstić information content (AvgIpc) is 2.39. The maximum Gasteiger partial charge on any atom is 0.120 e. The van der Waals surface area contributed by atoms with Crippen LogP contribution in [0.5, 0.6) is 5.75 Å². The number of hydrogen-bond acceptors (Lipinski definition) is 3. The van der Waals surface area contributed by atoms with Gasteiger partial charge >= 0.3 is 0 Å². The fourth-order valence-corrected chi connectivity index (χ4v) is 1.80. The van der Waals surface area contributed by atoms with E-state index in [1.807, 2.05) is 42.5 Å². The van der Waals surface area contributed by atoms with Gasteiger partial charge in [0, 0.05) is 11.8 Å². The highest BCUT2D eigenvalue weighted by Gasteiger charge is 2.11. The van der Waals surface area contributed by atoms with Crippen molar-refractivity contribution in [3.05, 3.63) is 59.7 Å². The van der Waals surface area contributed by atoms with E-state index in [-0.39, 0.29) is 6.04 Å². The minimum absolute atomic E-state index is 0.206. The Labute approximate surface area is 101 Å². The molecule has 0 amide bonds. The third kappa shape index (κ3) is 2.40. The quantitative estimate of drug-likeness (QED) is 0.792. The van der Waals surface area contributed by atoms with E-state index in [2.05, 4.69) is 0 Å². The van der Waals surface area contributed by atoms with Crippen LogP contribution < -0.4 is 16.2 Å². The zero-order valence-electron chi connectivity index (χ0n) is 9.76. The van der Waals surface area contributed by atoms with E-state index in [1.165, 1.54) is 0 Å². The number of anilines is 1. The topological polar surface area (TPSA) is 61.3 Å². The van der Waals surface area contributed by atoms with E-state index < -0.39 is 0 Å². The third-order valence-corrected chi connectivity index (χ3v) is 2.79. The Bertz CT molecular complexity index is 497. The van der Waals surface area contributed by atoms with Gasteiger partial charge in [0.25, 0.3) is 0 Å². The van der Waals surface area contributed by atoms with Crippen molar-refractivity contribution < 1.29 is 4.74 Å². The molecule has 3 nitrogen and oxygen atoms in total. The molecule has 0 radical (unpaired) electrons. The molecule has 17 heavy (non-hydrogen) atoms. The molecule has 0 aliphatic carbocycles. The van der Waals surface area contributed by atoms with Crippen LogP contribution >= 0.6 is 0 Å². The van der Waals surface area contributed by atoms with Crippen LogP contribution in [0.1, 0.15) is 17.2 Å². The summed E-state index contributed by atoms with van der Waals surface area (Å²) < 4.78 is 5.11. The Balaban J connectivity index is 2.34. The predicted molar refractivity (Wildman–Crippen MR) is 69.9 cm³/mol. The van der Waals surface area contributed by atoms with Crippen LogP contribution in [0.15, 0.2) is 48.5 Å². The number of rotatable bonds is 3. The Morgan fingerprint density at radius 2 is 1.76 bits per heavy atom. The lowest BCUT2D eigenvalue weighted by Crippen LogP contribution is -2.13. The van der Waals surface area contributed by atoms with Crippen LogP contribution in [0.4, 0.5) is 5.69 Å². The predicted octanol–water partition coefficient (Wildman–Crippen LogP) is 2.33. The Morgan fingerprint density at radius 1 is 1.06 bits per heavy atom. The molecule has 0 spiro atoms. The smallest absolute Gasteiger partial charge is 0.120 e. The van der Waals surface area contributed by atoms with Gasteiger partial charge in [-0.15, -0.1) is 0 Å². The molecular formula is C14H16N2O. The molecule has 88 valence electrons. The van der Waals surface area contributed by atoms with E-state index in [0.29, 0.717) is 5.69 Å². The summed E-state index contributed by atoms with van der Waals surface area (Å²) >= 11 is 0. The molecule has 0 saturated heterocycles. The average molecular weight is 228 g/mol. The molecule has 2 rings (SSSR count). The molecular weight excluding hydrogens is 212 g/mol. The lowest BCUT2D eigenvalue weighted by molar-refractivity contribution is 0.415. The third-order valence-electron chi connectivity index (χ3n) is 2.79. The molecule has 0 bridgehead atoms. The van der Waals surface area contributed by atoms with E-state index in [4.69, 9.17) is 16.2 Å². The maximum atomic E-state index is 6.19. The summed E-state index contributed by atoms with van der Waals surface area (Å²) in [7, 11) is 1.62. The van der Waals surface area contributed by atoms with Crippen LogP contribution in [-0.4, -0.2) is 7.11 Å². The van der Waals surface area contributed by atoms with Gasteiger partial charge in [-0.25, -0.2) is 0 Å². The molecule has 0 aliphatic rings. The Morgan fingerprint density at radius 3 is 2.35 bits per heavy atom. The highest BCUT2D eigenvalue weighted by atomic mass is 16.5. The normalized spacial score (nSPS) is 12.1. The van der Waals surface area contributed by atoms with Crippen molar-refractivity contribution in [2.24, 2.45) is 5.73 Å². The van der Waals surface area contributed by atoms with Crippen LogP contribution in [0.25, 0.3) is 0 Å². The second-order valence-electron chi connectivity index (χ2n) is 3.88. The highest BCUT2D eigenvalue weighted by molar-refractivity contribution is 5.54. The SMILES string of the molecule is COc1ccc(C(N)c2ccccc2)c(N)c1. The van der Waals surface area contributed by atoms with Crippen LogP contribution in [0.3, 0.4) is 0 Å². The minimum Gasteiger partial charge on any atom is -0.497 e. The first kappa shape index (κ1) is 11.5. The standard InChI is InChI=1S/C14H16N2O/c1-17-11-7-8-12(13(15)9-11)14(16)10-5-3-2-4-6-10/h2-9,14H,15-16H2,1H3. The first-order valence-corrected chi connectivity index (χ1v) is 5.46. The summed E-state index contributed by atoms with van der Waals surface area (Å²) in [5.74, 6) is 0.742. The lowest BCUT2D eigenvalue weighted by atomic mass is 9.98. The number of ether oxygens (including phenoxy) is 1. The molecule has 1 unspecified atom stereocenters. The van der Waals surface area contributed by atoms with Gasteiger partial charge in [0.2, 0.25) is 0 Å². The van der Waals surface area contributed by atoms with Crippen molar-refractivity contribution in [3.8, 4) is 5.75 Å². The minimum atomic E-state index is -0.206. The molecule has 2 aromatic carbocycles. The van der Waals surface area contributed by atoms with Crippen molar-refractivity contribution in [3.63, 3.8) is 0 Å². The summed E-state index contributed by atoms with van der Waals surface area (Å²) in [6.45, 7) is 0.